The van der Waals surface area contributed by atoms with E-state index in [0.29, 0.717) is 18.5 Å². The number of carbonyl (C=O) groups excluding carboxylic acids is 1. The zero-order valence-corrected chi connectivity index (χ0v) is 15.2. The minimum absolute atomic E-state index is 0.254. The predicted octanol–water partition coefficient (Wildman–Crippen LogP) is 2.94. The van der Waals surface area contributed by atoms with Crippen LogP contribution in [-0.4, -0.2) is 43.3 Å². The van der Waals surface area contributed by atoms with Gasteiger partial charge in [-0.25, -0.2) is 4.79 Å². The first-order valence-electron chi connectivity index (χ1n) is 8.82. The van der Waals surface area contributed by atoms with Crippen molar-refractivity contribution in [2.45, 2.75) is 45.3 Å². The molecule has 2 heterocycles. The van der Waals surface area contributed by atoms with Gasteiger partial charge in [0.1, 0.15) is 5.60 Å². The molecule has 0 saturated carbocycles. The molecule has 1 aromatic rings. The first-order chi connectivity index (χ1) is 11.3. The number of likely N-dealkylation sites (tertiary alicyclic amines) is 1. The van der Waals surface area contributed by atoms with Gasteiger partial charge in [0.25, 0.3) is 0 Å². The van der Waals surface area contributed by atoms with E-state index >= 15 is 0 Å². The van der Waals surface area contributed by atoms with Crippen LogP contribution in [0.1, 0.15) is 44.4 Å². The molecular weight excluding hydrogens is 302 g/mol. The van der Waals surface area contributed by atoms with Crippen molar-refractivity contribution in [2.24, 2.45) is 11.7 Å². The van der Waals surface area contributed by atoms with Crippen LogP contribution >= 0.6 is 0 Å². The van der Waals surface area contributed by atoms with Crippen LogP contribution in [0.3, 0.4) is 0 Å². The second kappa shape index (κ2) is 6.37. The monoisotopic (exact) mass is 331 g/mol. The van der Waals surface area contributed by atoms with E-state index in [4.69, 9.17) is 10.5 Å². The van der Waals surface area contributed by atoms with Crippen molar-refractivity contribution < 1.29 is 9.53 Å². The lowest BCUT2D eigenvalue weighted by Crippen LogP contribution is -2.35. The third-order valence-electron chi connectivity index (χ3n) is 4.97. The smallest absolute Gasteiger partial charge is 0.414 e. The summed E-state index contributed by atoms with van der Waals surface area (Å²) in [5, 5.41) is 0. The first-order valence-corrected chi connectivity index (χ1v) is 8.82. The fourth-order valence-corrected chi connectivity index (χ4v) is 3.80. The Kier molecular flexibility index (Phi) is 4.58. The highest BCUT2D eigenvalue weighted by atomic mass is 16.6. The molecule has 5 nitrogen and oxygen atoms in total. The summed E-state index contributed by atoms with van der Waals surface area (Å²) in [7, 11) is 2.17. The van der Waals surface area contributed by atoms with E-state index in [1.165, 1.54) is 11.1 Å². The summed E-state index contributed by atoms with van der Waals surface area (Å²) in [6.45, 7) is 8.19. The van der Waals surface area contributed by atoms with Gasteiger partial charge in [-0.15, -0.1) is 0 Å². The van der Waals surface area contributed by atoms with E-state index in [0.717, 1.165) is 31.6 Å². The highest BCUT2D eigenvalue weighted by Crippen LogP contribution is 2.37. The first kappa shape index (κ1) is 17.2. The van der Waals surface area contributed by atoms with Crippen molar-refractivity contribution in [1.82, 2.24) is 4.90 Å². The quantitative estimate of drug-likeness (QED) is 0.905. The molecule has 2 aliphatic heterocycles. The molecule has 5 heteroatoms. The Morgan fingerprint density at radius 1 is 1.38 bits per heavy atom. The summed E-state index contributed by atoms with van der Waals surface area (Å²) in [4.78, 5) is 16.5. The van der Waals surface area contributed by atoms with Gasteiger partial charge in [-0.1, -0.05) is 12.1 Å². The van der Waals surface area contributed by atoms with Crippen LogP contribution in [0.2, 0.25) is 0 Å². The van der Waals surface area contributed by atoms with Crippen LogP contribution in [0.25, 0.3) is 0 Å². The van der Waals surface area contributed by atoms with E-state index in [2.05, 4.69) is 30.1 Å². The molecule has 3 rings (SSSR count). The molecule has 2 N–H and O–H groups in total. The van der Waals surface area contributed by atoms with E-state index in [1.54, 1.807) is 4.90 Å². The highest BCUT2D eigenvalue weighted by molar-refractivity contribution is 5.90. The van der Waals surface area contributed by atoms with Gasteiger partial charge in [0.2, 0.25) is 0 Å². The summed E-state index contributed by atoms with van der Waals surface area (Å²) in [6.07, 6.45) is 1.75. The maximum atomic E-state index is 12.4. The number of ether oxygens (including phenoxy) is 1. The largest absolute Gasteiger partial charge is 0.443 e. The van der Waals surface area contributed by atoms with Crippen molar-refractivity contribution in [2.75, 3.05) is 31.6 Å². The number of fused-ring (bicyclic) bond motifs is 1. The van der Waals surface area contributed by atoms with Gasteiger partial charge in [0.15, 0.2) is 0 Å². The minimum Gasteiger partial charge on any atom is -0.443 e. The van der Waals surface area contributed by atoms with Crippen LogP contribution in [-0.2, 0) is 11.2 Å². The second-order valence-corrected chi connectivity index (χ2v) is 8.06. The number of amides is 1. The van der Waals surface area contributed by atoms with Gasteiger partial charge >= 0.3 is 6.09 Å². The maximum Gasteiger partial charge on any atom is 0.414 e. The van der Waals surface area contributed by atoms with Crippen molar-refractivity contribution in [3.63, 3.8) is 0 Å². The molecule has 0 aromatic heterocycles. The van der Waals surface area contributed by atoms with Gasteiger partial charge in [0, 0.05) is 19.1 Å². The van der Waals surface area contributed by atoms with Crippen LogP contribution in [0.5, 0.6) is 0 Å². The van der Waals surface area contributed by atoms with Gasteiger partial charge in [-0.3, -0.25) is 9.80 Å². The number of nitrogens with two attached hydrogens (primary N) is 1. The second-order valence-electron chi connectivity index (χ2n) is 8.06. The molecule has 1 saturated heterocycles. The fourth-order valence-electron chi connectivity index (χ4n) is 3.80. The lowest BCUT2D eigenvalue weighted by atomic mass is 9.97. The Morgan fingerprint density at radius 2 is 2.12 bits per heavy atom. The summed E-state index contributed by atoms with van der Waals surface area (Å²) < 4.78 is 5.52. The summed E-state index contributed by atoms with van der Waals surface area (Å²) >= 11 is 0. The predicted molar refractivity (Wildman–Crippen MR) is 96.3 cm³/mol. The molecule has 2 atom stereocenters. The van der Waals surface area contributed by atoms with Crippen LogP contribution in [0.4, 0.5) is 10.5 Å². The summed E-state index contributed by atoms with van der Waals surface area (Å²) in [5.41, 5.74) is 8.94. The molecule has 24 heavy (non-hydrogen) atoms. The molecule has 132 valence electrons. The SMILES string of the molecule is CN1CC(CN)CC1c1ccc2c(c1)CCN2C(=O)OC(C)(C)C. The Morgan fingerprint density at radius 3 is 2.75 bits per heavy atom. The van der Waals surface area contributed by atoms with Crippen molar-refractivity contribution in [3.8, 4) is 0 Å². The normalized spacial score (nSPS) is 24.3. The number of hydrogen-bond donors (Lipinski definition) is 1. The molecule has 1 aromatic carbocycles. The minimum atomic E-state index is -0.469. The zero-order valence-electron chi connectivity index (χ0n) is 15.2. The number of benzene rings is 1. The van der Waals surface area contributed by atoms with Crippen LogP contribution in [0, 0.1) is 5.92 Å². The molecule has 0 aliphatic carbocycles. The molecule has 2 aliphatic rings. The summed E-state index contributed by atoms with van der Waals surface area (Å²) in [6, 6.07) is 6.92. The van der Waals surface area contributed by atoms with E-state index < -0.39 is 5.60 Å². The Hall–Kier alpha value is -1.59. The van der Waals surface area contributed by atoms with Gasteiger partial charge in [0.05, 0.1) is 5.69 Å². The molecule has 0 bridgehead atoms. The third kappa shape index (κ3) is 3.42. The zero-order chi connectivity index (χ0) is 17.5. The summed E-state index contributed by atoms with van der Waals surface area (Å²) in [5.74, 6) is 0.575. The Balaban J connectivity index is 1.77. The number of nitrogens with zero attached hydrogens (tertiary/aromatic N) is 2. The number of carbonyl (C=O) groups is 1. The Labute approximate surface area is 144 Å². The molecule has 0 spiro atoms. The van der Waals surface area contributed by atoms with Crippen molar-refractivity contribution >= 4 is 11.8 Å². The van der Waals surface area contributed by atoms with Crippen LogP contribution < -0.4 is 10.6 Å². The van der Waals surface area contributed by atoms with Gasteiger partial charge in [-0.2, -0.15) is 0 Å². The number of rotatable bonds is 2. The van der Waals surface area contributed by atoms with Crippen LogP contribution in [0.15, 0.2) is 18.2 Å². The average Bonchev–Trinajstić information content (AvgIpc) is 3.07. The Bertz CT molecular complexity index is 624. The standard InChI is InChI=1S/C19H29N3O2/c1-19(2,3)24-18(23)22-8-7-15-10-14(5-6-16(15)22)17-9-13(11-20)12-21(17)4/h5-6,10,13,17H,7-9,11-12,20H2,1-4H3. The maximum absolute atomic E-state index is 12.4. The van der Waals surface area contributed by atoms with E-state index in [9.17, 15) is 4.79 Å². The molecule has 0 radical (unpaired) electrons. The fraction of sp³-hybridized carbons (Fsp3) is 0.632. The van der Waals surface area contributed by atoms with E-state index in [1.807, 2.05) is 20.8 Å². The van der Waals surface area contributed by atoms with Crippen molar-refractivity contribution in [3.05, 3.63) is 29.3 Å². The van der Waals surface area contributed by atoms with Gasteiger partial charge in [-0.05, 0) is 70.3 Å². The average molecular weight is 331 g/mol. The molecule has 2 unspecified atom stereocenters. The highest BCUT2D eigenvalue weighted by Gasteiger charge is 2.32. The molecule has 1 fully saturated rings. The van der Waals surface area contributed by atoms with Crippen molar-refractivity contribution in [1.29, 1.82) is 0 Å². The number of hydrogen-bond acceptors (Lipinski definition) is 4. The van der Waals surface area contributed by atoms with Gasteiger partial charge < -0.3 is 10.5 Å². The lowest BCUT2D eigenvalue weighted by molar-refractivity contribution is 0.0584. The lowest BCUT2D eigenvalue weighted by Gasteiger charge is -2.25. The number of anilines is 1. The third-order valence-corrected chi connectivity index (χ3v) is 4.97. The topological polar surface area (TPSA) is 58.8 Å². The van der Waals surface area contributed by atoms with E-state index in [-0.39, 0.29) is 6.09 Å². The molecular formula is C19H29N3O2. The molecule has 1 amide bonds.